The molecule has 9 nitrogen and oxygen atoms in total. The molecule has 44 heavy (non-hydrogen) atoms. The maximum absolute atomic E-state index is 12.8. The summed E-state index contributed by atoms with van der Waals surface area (Å²) in [5, 5.41) is 53.6. The van der Waals surface area contributed by atoms with Gasteiger partial charge in [-0.25, -0.2) is 0 Å². The topological polar surface area (TPSA) is 149 Å². The third kappa shape index (κ3) is 18.6. The average Bonchev–Trinajstić information content (AvgIpc) is 3.02. The van der Waals surface area contributed by atoms with E-state index in [1.807, 2.05) is 6.08 Å². The molecule has 1 heterocycles. The van der Waals surface area contributed by atoms with Crippen molar-refractivity contribution >= 4 is 5.91 Å². The highest BCUT2D eigenvalue weighted by molar-refractivity contribution is 5.76. The van der Waals surface area contributed by atoms with Crippen molar-refractivity contribution in [2.45, 2.75) is 179 Å². The SMILES string of the molecule is CCCC/C=C\CCCCCCC(=O)NC(COC1OC(CO)C(O)C(O)C1O)C(O)/C=C/CCCCCCCCCCC. The van der Waals surface area contributed by atoms with Gasteiger partial charge in [-0.2, -0.15) is 0 Å². The van der Waals surface area contributed by atoms with E-state index in [1.165, 1.54) is 57.8 Å². The van der Waals surface area contributed by atoms with Crippen LogP contribution in [0, 0.1) is 0 Å². The Kier molecular flexibility index (Phi) is 24.8. The predicted octanol–water partition coefficient (Wildman–Crippen LogP) is 5.21. The van der Waals surface area contributed by atoms with Gasteiger partial charge < -0.3 is 40.3 Å². The van der Waals surface area contributed by atoms with Gasteiger partial charge in [-0.15, -0.1) is 0 Å². The van der Waals surface area contributed by atoms with E-state index in [2.05, 4.69) is 31.3 Å². The molecular formula is C35H65NO8. The molecule has 7 unspecified atom stereocenters. The highest BCUT2D eigenvalue weighted by Crippen LogP contribution is 2.22. The molecule has 1 amide bonds. The van der Waals surface area contributed by atoms with E-state index in [0.717, 1.165) is 57.8 Å². The van der Waals surface area contributed by atoms with Crippen LogP contribution in [0.5, 0.6) is 0 Å². The molecule has 1 aliphatic heterocycles. The van der Waals surface area contributed by atoms with Crippen molar-refractivity contribution < 1.29 is 39.8 Å². The van der Waals surface area contributed by atoms with Gasteiger partial charge in [0.05, 0.1) is 25.4 Å². The summed E-state index contributed by atoms with van der Waals surface area (Å²) >= 11 is 0. The summed E-state index contributed by atoms with van der Waals surface area (Å²) in [6.45, 7) is 3.66. The number of hydrogen-bond donors (Lipinski definition) is 6. The predicted molar refractivity (Wildman–Crippen MR) is 175 cm³/mol. The average molecular weight is 628 g/mol. The smallest absolute Gasteiger partial charge is 0.220 e. The Morgan fingerprint density at radius 1 is 0.750 bits per heavy atom. The minimum absolute atomic E-state index is 0.192. The van der Waals surface area contributed by atoms with Crippen LogP contribution >= 0.6 is 0 Å². The summed E-state index contributed by atoms with van der Waals surface area (Å²) in [5.41, 5.74) is 0. The van der Waals surface area contributed by atoms with Crippen molar-refractivity contribution in [3.05, 3.63) is 24.3 Å². The van der Waals surface area contributed by atoms with Crippen LogP contribution in [0.1, 0.15) is 136 Å². The van der Waals surface area contributed by atoms with Crippen molar-refractivity contribution in [3.63, 3.8) is 0 Å². The number of rotatable bonds is 27. The second-order valence-corrected chi connectivity index (χ2v) is 12.3. The molecule has 6 N–H and O–H groups in total. The molecule has 0 aromatic heterocycles. The Morgan fingerprint density at radius 3 is 1.91 bits per heavy atom. The molecule has 258 valence electrons. The number of ether oxygens (including phenoxy) is 2. The summed E-state index contributed by atoms with van der Waals surface area (Å²) in [4.78, 5) is 12.8. The van der Waals surface area contributed by atoms with Crippen molar-refractivity contribution in [1.82, 2.24) is 5.32 Å². The second kappa shape index (κ2) is 26.8. The van der Waals surface area contributed by atoms with E-state index in [0.29, 0.717) is 6.42 Å². The van der Waals surface area contributed by atoms with Crippen molar-refractivity contribution in [3.8, 4) is 0 Å². The van der Waals surface area contributed by atoms with Gasteiger partial charge >= 0.3 is 0 Å². The lowest BCUT2D eigenvalue weighted by molar-refractivity contribution is -0.302. The first kappa shape index (κ1) is 40.7. The molecule has 0 aliphatic carbocycles. The number of unbranched alkanes of at least 4 members (excludes halogenated alkanes) is 15. The Labute approximate surface area is 267 Å². The van der Waals surface area contributed by atoms with Crippen LogP contribution in [0.4, 0.5) is 0 Å². The highest BCUT2D eigenvalue weighted by atomic mass is 16.7. The quantitative estimate of drug-likeness (QED) is 0.0537. The number of carbonyl (C=O) groups excluding carboxylic acids is 1. The van der Waals surface area contributed by atoms with E-state index >= 15 is 0 Å². The number of hydrogen-bond acceptors (Lipinski definition) is 8. The summed E-state index contributed by atoms with van der Waals surface area (Å²) in [6.07, 6.45) is 20.8. The van der Waals surface area contributed by atoms with Gasteiger partial charge in [0.25, 0.3) is 0 Å². The van der Waals surface area contributed by atoms with Gasteiger partial charge in [-0.05, 0) is 38.5 Å². The van der Waals surface area contributed by atoms with Gasteiger partial charge in [-0.3, -0.25) is 4.79 Å². The zero-order valence-electron chi connectivity index (χ0n) is 27.7. The summed E-state index contributed by atoms with van der Waals surface area (Å²) in [7, 11) is 0. The van der Waals surface area contributed by atoms with Crippen LogP contribution in [-0.2, 0) is 14.3 Å². The van der Waals surface area contributed by atoms with Gasteiger partial charge in [0, 0.05) is 6.42 Å². The molecule has 1 fully saturated rings. The minimum atomic E-state index is -1.56. The van der Waals surface area contributed by atoms with Gasteiger partial charge in [-0.1, -0.05) is 115 Å². The van der Waals surface area contributed by atoms with E-state index in [1.54, 1.807) is 6.08 Å². The van der Waals surface area contributed by atoms with Crippen LogP contribution in [0.15, 0.2) is 24.3 Å². The van der Waals surface area contributed by atoms with Gasteiger partial charge in [0.1, 0.15) is 24.4 Å². The Balaban J connectivity index is 2.53. The Bertz CT molecular complexity index is 746. The van der Waals surface area contributed by atoms with Gasteiger partial charge in [0.2, 0.25) is 5.91 Å². The molecule has 0 aromatic carbocycles. The van der Waals surface area contributed by atoms with Crippen LogP contribution in [-0.4, -0.2) is 87.5 Å². The first-order valence-corrected chi connectivity index (χ1v) is 17.6. The van der Waals surface area contributed by atoms with E-state index in [9.17, 15) is 30.3 Å². The van der Waals surface area contributed by atoms with E-state index in [4.69, 9.17) is 9.47 Å². The first-order chi connectivity index (χ1) is 21.3. The molecule has 7 atom stereocenters. The molecule has 0 aromatic rings. The Hall–Kier alpha value is -1.33. The largest absolute Gasteiger partial charge is 0.394 e. The lowest BCUT2D eigenvalue weighted by atomic mass is 9.99. The maximum Gasteiger partial charge on any atom is 0.220 e. The van der Waals surface area contributed by atoms with Crippen molar-refractivity contribution in [2.24, 2.45) is 0 Å². The monoisotopic (exact) mass is 627 g/mol. The molecule has 1 rings (SSSR count). The van der Waals surface area contributed by atoms with Gasteiger partial charge in [0.15, 0.2) is 6.29 Å². The second-order valence-electron chi connectivity index (χ2n) is 12.3. The molecule has 1 aliphatic rings. The molecule has 9 heteroatoms. The third-order valence-corrected chi connectivity index (χ3v) is 8.27. The zero-order chi connectivity index (χ0) is 32.4. The molecule has 0 bridgehead atoms. The molecule has 0 radical (unpaired) electrons. The number of nitrogens with one attached hydrogen (secondary N) is 1. The summed E-state index contributed by atoms with van der Waals surface area (Å²) in [6, 6.07) is -0.803. The van der Waals surface area contributed by atoms with Crippen molar-refractivity contribution in [2.75, 3.05) is 13.2 Å². The van der Waals surface area contributed by atoms with Crippen molar-refractivity contribution in [1.29, 1.82) is 0 Å². The normalized spacial score (nSPS) is 23.8. The third-order valence-electron chi connectivity index (χ3n) is 8.27. The number of allylic oxidation sites excluding steroid dienone is 3. The highest BCUT2D eigenvalue weighted by Gasteiger charge is 2.44. The number of amides is 1. The van der Waals surface area contributed by atoms with Crippen LogP contribution in [0.3, 0.4) is 0 Å². The molecular weight excluding hydrogens is 562 g/mol. The lowest BCUT2D eigenvalue weighted by Gasteiger charge is -2.40. The van der Waals surface area contributed by atoms with Crippen LogP contribution in [0.25, 0.3) is 0 Å². The number of carbonyl (C=O) groups is 1. The number of aliphatic hydroxyl groups excluding tert-OH is 5. The fourth-order valence-electron chi connectivity index (χ4n) is 5.31. The van der Waals surface area contributed by atoms with E-state index in [-0.39, 0.29) is 12.5 Å². The van der Waals surface area contributed by atoms with Crippen LogP contribution < -0.4 is 5.32 Å². The minimum Gasteiger partial charge on any atom is -0.394 e. The summed E-state index contributed by atoms with van der Waals surface area (Å²) < 4.78 is 11.1. The molecule has 0 spiro atoms. The fourth-order valence-corrected chi connectivity index (χ4v) is 5.31. The standard InChI is InChI=1S/C35H65NO8/c1-3-5-7-9-11-13-15-16-18-20-22-24-29(38)28(27-43-35-34(42)33(41)32(40)30(26-37)44-35)36-31(39)25-23-21-19-17-14-12-10-8-6-4-2/h10,12,22,24,28-30,32-35,37-38,40-42H,3-9,11,13-21,23,25-27H2,1-2H3,(H,36,39)/b12-10-,24-22+. The summed E-state index contributed by atoms with van der Waals surface area (Å²) in [5.74, 6) is -0.196. The van der Waals surface area contributed by atoms with E-state index < -0.39 is 49.5 Å². The maximum atomic E-state index is 12.8. The number of aliphatic hydroxyl groups is 5. The Morgan fingerprint density at radius 2 is 1.30 bits per heavy atom. The zero-order valence-corrected chi connectivity index (χ0v) is 27.7. The fraction of sp³-hybridized carbons (Fsp3) is 0.857. The first-order valence-electron chi connectivity index (χ1n) is 17.6. The lowest BCUT2D eigenvalue weighted by Crippen LogP contribution is -2.60. The molecule has 1 saturated heterocycles. The van der Waals surface area contributed by atoms with Crippen LogP contribution in [0.2, 0.25) is 0 Å². The molecule has 0 saturated carbocycles.